The molecular formula is C30H38BrNO2SSi. The molecule has 0 aliphatic rings. The Morgan fingerprint density at radius 1 is 0.889 bits per heavy atom. The van der Waals surface area contributed by atoms with Gasteiger partial charge in [0, 0.05) is 4.47 Å². The van der Waals surface area contributed by atoms with Gasteiger partial charge in [0.05, 0.1) is 27.9 Å². The summed E-state index contributed by atoms with van der Waals surface area (Å²) in [5.41, 5.74) is 0.0806. The average Bonchev–Trinajstić information content (AvgIpc) is 2.83. The molecule has 0 spiro atoms. The van der Waals surface area contributed by atoms with Gasteiger partial charge in [-0.1, -0.05) is 116 Å². The fourth-order valence-corrected chi connectivity index (χ4v) is 10.4. The number of nitrogens with one attached hydrogen (secondary N) is 1. The van der Waals surface area contributed by atoms with E-state index in [2.05, 4.69) is 96.5 Å². The van der Waals surface area contributed by atoms with Gasteiger partial charge in [0.1, 0.15) is 0 Å². The molecule has 36 heavy (non-hydrogen) atoms. The maximum absolute atomic E-state index is 13.5. The van der Waals surface area contributed by atoms with Crippen LogP contribution in [0.1, 0.15) is 47.1 Å². The van der Waals surface area contributed by atoms with Crippen LogP contribution in [0.2, 0.25) is 5.04 Å². The summed E-state index contributed by atoms with van der Waals surface area (Å²) in [6, 6.07) is 29.2. The van der Waals surface area contributed by atoms with Crippen LogP contribution >= 0.6 is 15.9 Å². The van der Waals surface area contributed by atoms with Crippen LogP contribution in [-0.2, 0) is 21.0 Å². The molecule has 0 radical (unpaired) electrons. The number of halogens is 1. The first-order chi connectivity index (χ1) is 16.9. The van der Waals surface area contributed by atoms with E-state index in [-0.39, 0.29) is 11.6 Å². The van der Waals surface area contributed by atoms with E-state index in [0.29, 0.717) is 0 Å². The molecule has 3 nitrogen and oxygen atoms in total. The van der Waals surface area contributed by atoms with Gasteiger partial charge in [-0.05, 0) is 53.9 Å². The second-order valence-electron chi connectivity index (χ2n) is 11.1. The van der Waals surface area contributed by atoms with Gasteiger partial charge < -0.3 is 4.43 Å². The minimum absolute atomic E-state index is 0.178. The van der Waals surface area contributed by atoms with E-state index in [1.54, 1.807) is 0 Å². The molecule has 0 saturated heterocycles. The van der Waals surface area contributed by atoms with Crippen molar-refractivity contribution < 1.29 is 8.63 Å². The second-order valence-corrected chi connectivity index (χ2v) is 18.3. The first-order valence-electron chi connectivity index (χ1n) is 12.2. The Morgan fingerprint density at radius 2 is 1.42 bits per heavy atom. The van der Waals surface area contributed by atoms with Crippen molar-refractivity contribution in [3.05, 3.63) is 108 Å². The van der Waals surface area contributed by atoms with E-state index in [0.717, 1.165) is 10.0 Å². The summed E-state index contributed by atoms with van der Waals surface area (Å²) in [4.78, 5) is 0. The molecule has 0 saturated carbocycles. The molecular weight excluding hydrogens is 546 g/mol. The number of benzene rings is 3. The molecule has 2 atom stereocenters. The van der Waals surface area contributed by atoms with E-state index in [1.165, 1.54) is 10.4 Å². The Labute approximate surface area is 229 Å². The third-order valence-corrected chi connectivity index (χ3v) is 13.6. The highest BCUT2D eigenvalue weighted by Gasteiger charge is 2.51. The van der Waals surface area contributed by atoms with Gasteiger partial charge in [-0.3, -0.25) is 0 Å². The fourth-order valence-electron chi connectivity index (χ4n) is 4.46. The summed E-state index contributed by atoms with van der Waals surface area (Å²) in [5, 5.41) is 2.23. The van der Waals surface area contributed by atoms with Crippen LogP contribution < -0.4 is 15.1 Å². The molecule has 6 heteroatoms. The summed E-state index contributed by atoms with van der Waals surface area (Å²) in [6.45, 7) is 17.2. The molecule has 0 unspecified atom stereocenters. The van der Waals surface area contributed by atoms with E-state index in [1.807, 2.05) is 63.2 Å². The fraction of sp³-hybridized carbons (Fsp3) is 0.333. The van der Waals surface area contributed by atoms with Gasteiger partial charge in [-0.2, -0.15) is 0 Å². The van der Waals surface area contributed by atoms with Crippen LogP contribution in [0.15, 0.2) is 102 Å². The number of rotatable bonds is 9. The Bertz CT molecular complexity index is 1150. The Balaban J connectivity index is 2.21. The molecule has 0 bridgehead atoms. The second kappa shape index (κ2) is 11.3. The number of hydrogen-bond donors (Lipinski definition) is 1. The summed E-state index contributed by atoms with van der Waals surface area (Å²) in [6.07, 6.45) is 1.84. The summed E-state index contributed by atoms with van der Waals surface area (Å²) in [5.74, 6) is 0. The Kier molecular flexibility index (Phi) is 9.00. The Morgan fingerprint density at radius 3 is 1.83 bits per heavy atom. The monoisotopic (exact) mass is 583 g/mol. The predicted molar refractivity (Wildman–Crippen MR) is 161 cm³/mol. The van der Waals surface area contributed by atoms with Crippen LogP contribution in [0.5, 0.6) is 0 Å². The normalized spacial score (nSPS) is 15.2. The standard InChI is InChI=1S/C30H38BrNO2SSi/c1-8-30(32-35(33)28(2,3)4,24-16-15-17-25(31)22-24)23-34-36(29(5,6)7,26-18-11-9-12-19-26)27-20-13-10-14-21-27/h8-22,32H,1,23H2,2-7H3/t30-,35-/m0/s1. The molecule has 0 aromatic heterocycles. The van der Waals surface area contributed by atoms with Gasteiger partial charge >= 0.3 is 0 Å². The van der Waals surface area contributed by atoms with Crippen molar-refractivity contribution in [2.24, 2.45) is 0 Å². The molecule has 0 amide bonds. The highest BCUT2D eigenvalue weighted by atomic mass is 79.9. The lowest BCUT2D eigenvalue weighted by molar-refractivity contribution is 0.225. The zero-order valence-electron chi connectivity index (χ0n) is 22.2. The molecule has 3 aromatic carbocycles. The quantitative estimate of drug-likeness (QED) is 0.232. The highest BCUT2D eigenvalue weighted by molar-refractivity contribution is 9.10. The van der Waals surface area contributed by atoms with Crippen LogP contribution in [0.25, 0.3) is 0 Å². The van der Waals surface area contributed by atoms with Crippen molar-refractivity contribution in [3.8, 4) is 0 Å². The molecule has 1 N–H and O–H groups in total. The maximum atomic E-state index is 13.5. The third-order valence-electron chi connectivity index (χ3n) is 6.45. The molecule has 0 fully saturated rings. The van der Waals surface area contributed by atoms with Gasteiger partial charge in [-0.25, -0.2) is 8.93 Å². The lowest BCUT2D eigenvalue weighted by atomic mass is 9.92. The van der Waals surface area contributed by atoms with Crippen molar-refractivity contribution in [1.82, 2.24) is 4.72 Å². The smallest absolute Gasteiger partial charge is 0.261 e. The summed E-state index contributed by atoms with van der Waals surface area (Å²) >= 11 is 3.62. The maximum Gasteiger partial charge on any atom is 0.261 e. The molecule has 192 valence electrons. The van der Waals surface area contributed by atoms with Crippen molar-refractivity contribution in [2.45, 2.75) is 56.9 Å². The van der Waals surface area contributed by atoms with Gasteiger partial charge in [0.2, 0.25) is 0 Å². The van der Waals surface area contributed by atoms with E-state index in [9.17, 15) is 4.21 Å². The van der Waals surface area contributed by atoms with Crippen LogP contribution in [0.4, 0.5) is 0 Å². The zero-order chi connectivity index (χ0) is 26.6. The number of hydrogen-bond acceptors (Lipinski definition) is 2. The van der Waals surface area contributed by atoms with Crippen LogP contribution in [0, 0.1) is 0 Å². The molecule has 3 rings (SSSR count). The molecule has 0 aliphatic carbocycles. The average molecular weight is 585 g/mol. The van der Waals surface area contributed by atoms with Crippen LogP contribution in [-0.4, -0.2) is 23.9 Å². The largest absolute Gasteiger partial charge is 0.405 e. The van der Waals surface area contributed by atoms with E-state index in [4.69, 9.17) is 4.43 Å². The van der Waals surface area contributed by atoms with E-state index >= 15 is 0 Å². The van der Waals surface area contributed by atoms with Crippen molar-refractivity contribution in [2.75, 3.05) is 6.61 Å². The predicted octanol–water partition coefficient (Wildman–Crippen LogP) is 6.46. The molecule has 3 aromatic rings. The van der Waals surface area contributed by atoms with Crippen molar-refractivity contribution >= 4 is 45.6 Å². The zero-order valence-corrected chi connectivity index (χ0v) is 25.6. The van der Waals surface area contributed by atoms with Crippen molar-refractivity contribution in [3.63, 3.8) is 0 Å². The summed E-state index contributed by atoms with van der Waals surface area (Å²) in [7, 11) is -4.17. The topological polar surface area (TPSA) is 38.3 Å². The summed E-state index contributed by atoms with van der Waals surface area (Å²) < 4.78 is 24.6. The van der Waals surface area contributed by atoms with Gasteiger partial charge in [0.25, 0.3) is 8.32 Å². The molecule has 0 heterocycles. The van der Waals surface area contributed by atoms with Gasteiger partial charge in [-0.15, -0.1) is 6.58 Å². The van der Waals surface area contributed by atoms with Gasteiger partial charge in [0.15, 0.2) is 0 Å². The van der Waals surface area contributed by atoms with Crippen molar-refractivity contribution in [1.29, 1.82) is 0 Å². The third kappa shape index (κ3) is 6.00. The highest BCUT2D eigenvalue weighted by Crippen LogP contribution is 2.38. The first-order valence-corrected chi connectivity index (χ1v) is 16.1. The van der Waals surface area contributed by atoms with E-state index < -0.39 is 29.6 Å². The first kappa shape index (κ1) is 28.7. The lowest BCUT2D eigenvalue weighted by Crippen LogP contribution is -2.68. The Hall–Kier alpha value is -1.83. The SMILES string of the molecule is C=C[C@@](CO[Si](c1ccccc1)(c1ccccc1)C(C)(C)C)(N[S@@](=O)C(C)(C)C)c1cccc(Br)c1. The molecule has 0 aliphatic heterocycles. The minimum Gasteiger partial charge on any atom is -0.405 e. The van der Waals surface area contributed by atoms with Crippen LogP contribution in [0.3, 0.4) is 0 Å². The minimum atomic E-state index is -2.82. The lowest BCUT2D eigenvalue weighted by Gasteiger charge is -2.45.